The highest BCUT2D eigenvalue weighted by atomic mass is 35.5. The number of nitrogens with zero attached hydrogens (tertiary/aromatic N) is 1. The van der Waals surface area contributed by atoms with Gasteiger partial charge in [-0.2, -0.15) is 0 Å². The van der Waals surface area contributed by atoms with Crippen molar-refractivity contribution in [1.29, 1.82) is 0 Å². The zero-order chi connectivity index (χ0) is 18.9. The molecule has 5 nitrogen and oxygen atoms in total. The van der Waals surface area contributed by atoms with Gasteiger partial charge in [0.15, 0.2) is 5.96 Å². The highest BCUT2D eigenvalue weighted by molar-refractivity contribution is 7.10. The number of halogens is 1. The van der Waals surface area contributed by atoms with Crippen molar-refractivity contribution in [3.8, 4) is 0 Å². The van der Waals surface area contributed by atoms with Gasteiger partial charge in [0.05, 0.1) is 0 Å². The van der Waals surface area contributed by atoms with Gasteiger partial charge in [0.2, 0.25) is 5.91 Å². The molecule has 0 bridgehead atoms. The summed E-state index contributed by atoms with van der Waals surface area (Å²) >= 11 is 7.82. The first-order valence-electron chi connectivity index (χ1n) is 8.54. The Hall–Kier alpha value is -2.05. The third-order valence-electron chi connectivity index (χ3n) is 4.01. The van der Waals surface area contributed by atoms with Crippen molar-refractivity contribution < 1.29 is 4.79 Å². The number of thiophene rings is 1. The molecule has 1 unspecified atom stereocenters. The molecule has 1 aromatic carbocycles. The molecule has 3 N–H and O–H groups in total. The van der Waals surface area contributed by atoms with E-state index in [2.05, 4.69) is 45.4 Å². The van der Waals surface area contributed by atoms with Gasteiger partial charge >= 0.3 is 0 Å². The number of nitrogens with one attached hydrogen (secondary N) is 3. The first-order valence-corrected chi connectivity index (χ1v) is 9.80. The fourth-order valence-electron chi connectivity index (χ4n) is 2.39. The number of rotatable bonds is 7. The molecule has 0 saturated heterocycles. The molecule has 0 aliphatic heterocycles. The Kier molecular flexibility index (Phi) is 7.94. The lowest BCUT2D eigenvalue weighted by molar-refractivity contribution is -0.116. The number of aliphatic imine (C=N–C) groups is 1. The number of carbonyl (C=O) groups is 1. The van der Waals surface area contributed by atoms with E-state index in [4.69, 9.17) is 11.6 Å². The Morgan fingerprint density at radius 2 is 2.08 bits per heavy atom. The number of amides is 1. The van der Waals surface area contributed by atoms with Crippen LogP contribution in [0.3, 0.4) is 0 Å². The Morgan fingerprint density at radius 3 is 2.77 bits per heavy atom. The van der Waals surface area contributed by atoms with E-state index in [0.29, 0.717) is 29.9 Å². The lowest BCUT2D eigenvalue weighted by atomic mass is 10.1. The smallest absolute Gasteiger partial charge is 0.226 e. The van der Waals surface area contributed by atoms with Crippen LogP contribution >= 0.6 is 22.9 Å². The summed E-state index contributed by atoms with van der Waals surface area (Å²) in [6.07, 6.45) is 0.340. The molecule has 0 saturated carbocycles. The maximum atomic E-state index is 12.1. The second-order valence-electron chi connectivity index (χ2n) is 6.01. The van der Waals surface area contributed by atoms with Gasteiger partial charge < -0.3 is 16.0 Å². The minimum absolute atomic E-state index is 0.0646. The predicted molar refractivity (Wildman–Crippen MR) is 112 cm³/mol. The summed E-state index contributed by atoms with van der Waals surface area (Å²) in [6, 6.07) is 9.67. The molecule has 1 heterocycles. The van der Waals surface area contributed by atoms with E-state index >= 15 is 0 Å². The number of guanidine groups is 1. The van der Waals surface area contributed by atoms with Crippen LogP contribution in [0.5, 0.6) is 0 Å². The molecule has 1 atom stereocenters. The highest BCUT2D eigenvalue weighted by Crippen LogP contribution is 2.23. The first kappa shape index (κ1) is 20.3. The standard InChI is InChI=1S/C19H25ClN4OS/c1-13(17-8-5-11-26-17)12-23-19(21-3)22-10-9-18(25)24-16-7-4-6-15(20)14(16)2/h4-8,11,13H,9-10,12H2,1-3H3,(H,24,25)(H2,21,22,23). The zero-order valence-electron chi connectivity index (χ0n) is 15.3. The Balaban J connectivity index is 1.73. The molecule has 0 radical (unpaired) electrons. The Bertz CT molecular complexity index is 746. The summed E-state index contributed by atoms with van der Waals surface area (Å²) in [6.45, 7) is 5.34. The molecule has 140 valence electrons. The fourth-order valence-corrected chi connectivity index (χ4v) is 3.35. The molecule has 0 spiro atoms. The average molecular weight is 393 g/mol. The van der Waals surface area contributed by atoms with E-state index in [1.807, 2.05) is 19.1 Å². The summed E-state index contributed by atoms with van der Waals surface area (Å²) < 4.78 is 0. The predicted octanol–water partition coefficient (Wildman–Crippen LogP) is 4.01. The lowest BCUT2D eigenvalue weighted by Crippen LogP contribution is -2.40. The second-order valence-corrected chi connectivity index (χ2v) is 7.39. The van der Waals surface area contributed by atoms with Crippen LogP contribution in [0, 0.1) is 6.92 Å². The average Bonchev–Trinajstić information content (AvgIpc) is 3.16. The van der Waals surface area contributed by atoms with Gasteiger partial charge in [-0.3, -0.25) is 9.79 Å². The molecule has 2 rings (SSSR count). The molecule has 0 aliphatic carbocycles. The molecule has 1 amide bonds. The van der Waals surface area contributed by atoms with Crippen molar-refractivity contribution in [2.45, 2.75) is 26.2 Å². The van der Waals surface area contributed by atoms with Crippen LogP contribution in [-0.2, 0) is 4.79 Å². The summed E-state index contributed by atoms with van der Waals surface area (Å²) in [5.74, 6) is 1.04. The lowest BCUT2D eigenvalue weighted by Gasteiger charge is -2.15. The molecule has 0 aliphatic rings. The fraction of sp³-hybridized carbons (Fsp3) is 0.368. The largest absolute Gasteiger partial charge is 0.356 e. The van der Waals surface area contributed by atoms with Gasteiger partial charge in [0.1, 0.15) is 0 Å². The van der Waals surface area contributed by atoms with Gasteiger partial charge in [-0.1, -0.05) is 30.7 Å². The minimum atomic E-state index is -0.0646. The Morgan fingerprint density at radius 1 is 1.27 bits per heavy atom. The summed E-state index contributed by atoms with van der Waals surface area (Å²) in [4.78, 5) is 17.6. The van der Waals surface area contributed by atoms with E-state index in [9.17, 15) is 4.79 Å². The number of anilines is 1. The van der Waals surface area contributed by atoms with Gasteiger partial charge in [-0.05, 0) is 36.1 Å². The van der Waals surface area contributed by atoms with Crippen molar-refractivity contribution in [1.82, 2.24) is 10.6 Å². The molecular weight excluding hydrogens is 368 g/mol. The SMILES string of the molecule is CN=C(NCCC(=O)Nc1cccc(Cl)c1C)NCC(C)c1cccs1. The third-order valence-corrected chi connectivity index (χ3v) is 5.53. The van der Waals surface area contributed by atoms with Crippen LogP contribution in [0.25, 0.3) is 0 Å². The third kappa shape index (κ3) is 6.04. The van der Waals surface area contributed by atoms with Crippen molar-refractivity contribution in [3.05, 3.63) is 51.2 Å². The molecule has 0 fully saturated rings. The highest BCUT2D eigenvalue weighted by Gasteiger charge is 2.09. The van der Waals surface area contributed by atoms with Crippen molar-refractivity contribution in [2.75, 3.05) is 25.5 Å². The monoisotopic (exact) mass is 392 g/mol. The molecule has 1 aromatic heterocycles. The van der Waals surface area contributed by atoms with Crippen LogP contribution in [0.2, 0.25) is 5.02 Å². The Labute approximate surface area is 163 Å². The molecule has 7 heteroatoms. The molecule has 2 aromatic rings. The minimum Gasteiger partial charge on any atom is -0.356 e. The van der Waals surface area contributed by atoms with Gasteiger partial charge in [0, 0.05) is 48.1 Å². The summed E-state index contributed by atoms with van der Waals surface area (Å²) in [5.41, 5.74) is 1.62. The normalized spacial score (nSPS) is 12.5. The number of hydrogen-bond donors (Lipinski definition) is 3. The zero-order valence-corrected chi connectivity index (χ0v) is 16.9. The topological polar surface area (TPSA) is 65.5 Å². The van der Waals surface area contributed by atoms with E-state index < -0.39 is 0 Å². The second kappa shape index (κ2) is 10.2. The van der Waals surface area contributed by atoms with E-state index in [1.165, 1.54) is 4.88 Å². The van der Waals surface area contributed by atoms with E-state index in [0.717, 1.165) is 17.8 Å². The van der Waals surface area contributed by atoms with Crippen LogP contribution in [0.4, 0.5) is 5.69 Å². The van der Waals surface area contributed by atoms with Crippen molar-refractivity contribution >= 4 is 40.5 Å². The number of carbonyl (C=O) groups excluding carboxylic acids is 1. The maximum Gasteiger partial charge on any atom is 0.226 e. The number of benzene rings is 1. The van der Waals surface area contributed by atoms with E-state index in [-0.39, 0.29) is 5.91 Å². The maximum absolute atomic E-state index is 12.1. The number of hydrogen-bond acceptors (Lipinski definition) is 3. The van der Waals surface area contributed by atoms with Crippen LogP contribution in [0.1, 0.15) is 29.7 Å². The van der Waals surface area contributed by atoms with Crippen LogP contribution in [0.15, 0.2) is 40.7 Å². The molecule has 26 heavy (non-hydrogen) atoms. The quantitative estimate of drug-likeness (QED) is 0.492. The van der Waals surface area contributed by atoms with Crippen LogP contribution < -0.4 is 16.0 Å². The van der Waals surface area contributed by atoms with Crippen LogP contribution in [-0.4, -0.2) is 32.0 Å². The first-order chi connectivity index (χ1) is 12.5. The van der Waals surface area contributed by atoms with Crippen molar-refractivity contribution in [3.63, 3.8) is 0 Å². The summed E-state index contributed by atoms with van der Waals surface area (Å²) in [5, 5.41) is 12.1. The van der Waals surface area contributed by atoms with Gasteiger partial charge in [0.25, 0.3) is 0 Å². The van der Waals surface area contributed by atoms with Gasteiger partial charge in [-0.25, -0.2) is 0 Å². The summed E-state index contributed by atoms with van der Waals surface area (Å²) in [7, 11) is 1.72. The van der Waals surface area contributed by atoms with E-state index in [1.54, 1.807) is 24.5 Å². The van der Waals surface area contributed by atoms with Crippen molar-refractivity contribution in [2.24, 2.45) is 4.99 Å². The molecular formula is C19H25ClN4OS. The van der Waals surface area contributed by atoms with Gasteiger partial charge in [-0.15, -0.1) is 11.3 Å².